The van der Waals surface area contributed by atoms with E-state index in [0.717, 1.165) is 37.4 Å². The topological polar surface area (TPSA) is 58.2 Å². The third-order valence-corrected chi connectivity index (χ3v) is 5.34. The van der Waals surface area contributed by atoms with E-state index >= 15 is 0 Å². The van der Waals surface area contributed by atoms with Crippen molar-refractivity contribution in [1.82, 2.24) is 10.6 Å². The number of carbonyl (C=O) groups is 2. The van der Waals surface area contributed by atoms with Crippen LogP contribution in [0, 0.1) is 0 Å². The average Bonchev–Trinajstić information content (AvgIpc) is 2.44. The Morgan fingerprint density at radius 2 is 1.55 bits per heavy atom. The molecule has 4 nitrogen and oxygen atoms in total. The van der Waals surface area contributed by atoms with Gasteiger partial charge in [0.15, 0.2) is 0 Å². The van der Waals surface area contributed by atoms with Crippen molar-refractivity contribution in [2.45, 2.75) is 65.3 Å². The zero-order valence-corrected chi connectivity index (χ0v) is 16.1. The smallest absolute Gasteiger partial charge is 0.220 e. The van der Waals surface area contributed by atoms with Gasteiger partial charge in [-0.05, 0) is 33.6 Å². The molecule has 0 rings (SSSR count). The Hall–Kier alpha value is -0.200. The van der Waals surface area contributed by atoms with Gasteiger partial charge in [0.25, 0.3) is 0 Å². The molecule has 0 fully saturated rings. The van der Waals surface area contributed by atoms with Crippen LogP contribution in [0.4, 0.5) is 0 Å². The highest BCUT2D eigenvalue weighted by Crippen LogP contribution is 2.19. The predicted molar refractivity (Wildman–Crippen MR) is 99.4 cm³/mol. The molecule has 0 heterocycles. The largest absolute Gasteiger partial charge is 0.355 e. The predicted octanol–water partition coefficient (Wildman–Crippen LogP) is 3.41. The molecule has 0 aliphatic rings. The molecule has 0 unspecified atom stereocenters. The summed E-state index contributed by atoms with van der Waals surface area (Å²) in [6, 6.07) is 0. The van der Waals surface area contributed by atoms with Gasteiger partial charge in [0.1, 0.15) is 5.78 Å². The van der Waals surface area contributed by atoms with E-state index in [4.69, 9.17) is 0 Å². The van der Waals surface area contributed by atoms with Crippen LogP contribution in [-0.4, -0.2) is 41.8 Å². The minimum atomic E-state index is 0.101. The fourth-order valence-electron chi connectivity index (χ4n) is 1.69. The third-order valence-electron chi connectivity index (χ3n) is 2.94. The Kier molecular flexibility index (Phi) is 13.1. The number of nitrogens with one attached hydrogen (secondary N) is 2. The Bertz CT molecular complexity index is 318. The molecule has 6 heteroatoms. The van der Waals surface area contributed by atoms with Crippen LogP contribution >= 0.6 is 21.6 Å². The van der Waals surface area contributed by atoms with Crippen molar-refractivity contribution in [3.05, 3.63) is 0 Å². The maximum Gasteiger partial charge on any atom is 0.220 e. The van der Waals surface area contributed by atoms with Crippen molar-refractivity contribution in [1.29, 1.82) is 0 Å². The van der Waals surface area contributed by atoms with Crippen molar-refractivity contribution < 1.29 is 9.59 Å². The molecule has 0 aliphatic carbocycles. The van der Waals surface area contributed by atoms with E-state index in [1.54, 1.807) is 10.8 Å². The Morgan fingerprint density at radius 1 is 0.955 bits per heavy atom. The van der Waals surface area contributed by atoms with Crippen LogP contribution in [0.5, 0.6) is 0 Å². The molecule has 22 heavy (non-hydrogen) atoms. The second-order valence-corrected chi connectivity index (χ2v) is 8.97. The van der Waals surface area contributed by atoms with Crippen LogP contribution in [0.25, 0.3) is 0 Å². The second kappa shape index (κ2) is 13.3. The summed E-state index contributed by atoms with van der Waals surface area (Å²) in [5, 5.41) is 6.37. The molecule has 0 aromatic rings. The van der Waals surface area contributed by atoms with Gasteiger partial charge in [0.2, 0.25) is 5.91 Å². The van der Waals surface area contributed by atoms with E-state index in [-0.39, 0.29) is 17.2 Å². The summed E-state index contributed by atoms with van der Waals surface area (Å²) in [7, 11) is 3.64. The van der Waals surface area contributed by atoms with E-state index in [0.29, 0.717) is 19.3 Å². The lowest BCUT2D eigenvalue weighted by atomic mass is 10.1. The van der Waals surface area contributed by atoms with Crippen molar-refractivity contribution in [2.75, 3.05) is 24.6 Å². The summed E-state index contributed by atoms with van der Waals surface area (Å²) in [6.07, 6.45) is 3.37. The molecule has 0 aromatic heterocycles. The molecule has 2 N–H and O–H groups in total. The molecular weight excluding hydrogens is 316 g/mol. The minimum Gasteiger partial charge on any atom is -0.355 e. The maximum atomic E-state index is 11.6. The summed E-state index contributed by atoms with van der Waals surface area (Å²) >= 11 is 0. The van der Waals surface area contributed by atoms with Crippen LogP contribution in [0.15, 0.2) is 0 Å². The first kappa shape index (κ1) is 21.8. The molecule has 0 spiro atoms. The maximum absolute atomic E-state index is 11.6. The Balaban J connectivity index is 3.30. The highest BCUT2D eigenvalue weighted by atomic mass is 33.1. The first-order chi connectivity index (χ1) is 10.3. The van der Waals surface area contributed by atoms with Crippen molar-refractivity contribution in [3.8, 4) is 0 Å². The lowest BCUT2D eigenvalue weighted by molar-refractivity contribution is -0.122. The summed E-state index contributed by atoms with van der Waals surface area (Å²) in [6.45, 7) is 10.1. The summed E-state index contributed by atoms with van der Waals surface area (Å²) < 4.78 is 0. The number of rotatable bonds is 13. The molecule has 130 valence electrons. The summed E-state index contributed by atoms with van der Waals surface area (Å²) in [4.78, 5) is 22.7. The normalized spacial score (nSPS) is 11.5. The van der Waals surface area contributed by atoms with Crippen LogP contribution in [0.3, 0.4) is 0 Å². The fourth-order valence-corrected chi connectivity index (χ4v) is 3.50. The number of amides is 1. The van der Waals surface area contributed by atoms with E-state index in [2.05, 4.69) is 31.4 Å². The molecule has 0 radical (unpaired) electrons. The van der Waals surface area contributed by atoms with Crippen molar-refractivity contribution in [3.63, 3.8) is 0 Å². The molecule has 0 atom stereocenters. The van der Waals surface area contributed by atoms with Gasteiger partial charge in [-0.2, -0.15) is 0 Å². The summed E-state index contributed by atoms with van der Waals surface area (Å²) in [5.41, 5.74) is 0.181. The van der Waals surface area contributed by atoms with Crippen molar-refractivity contribution >= 4 is 33.3 Å². The van der Waals surface area contributed by atoms with E-state index in [1.165, 1.54) is 0 Å². The van der Waals surface area contributed by atoms with Gasteiger partial charge in [0.05, 0.1) is 0 Å². The van der Waals surface area contributed by atoms with E-state index in [9.17, 15) is 9.59 Å². The number of ketones is 1. The quantitative estimate of drug-likeness (QED) is 0.394. The SMILES string of the molecule is CCC(=O)CCCCC(=O)NCCSSCCNC(C)(C)C. The van der Waals surface area contributed by atoms with E-state index < -0.39 is 0 Å². The minimum absolute atomic E-state index is 0.101. The van der Waals surface area contributed by atoms with Gasteiger partial charge in [0, 0.05) is 49.4 Å². The number of hydrogen-bond donors (Lipinski definition) is 2. The fraction of sp³-hybridized carbons (Fsp3) is 0.875. The van der Waals surface area contributed by atoms with Crippen LogP contribution < -0.4 is 10.6 Å². The first-order valence-electron chi connectivity index (χ1n) is 8.13. The van der Waals surface area contributed by atoms with E-state index in [1.807, 2.05) is 17.7 Å². The highest BCUT2D eigenvalue weighted by Gasteiger charge is 2.07. The van der Waals surface area contributed by atoms with Crippen LogP contribution in [0.2, 0.25) is 0 Å². The Morgan fingerprint density at radius 3 is 2.14 bits per heavy atom. The van der Waals surface area contributed by atoms with Crippen LogP contribution in [-0.2, 0) is 9.59 Å². The van der Waals surface area contributed by atoms with Gasteiger partial charge in [-0.3, -0.25) is 9.59 Å². The van der Waals surface area contributed by atoms with Gasteiger partial charge in [-0.15, -0.1) is 0 Å². The molecule has 1 amide bonds. The third kappa shape index (κ3) is 16.2. The number of carbonyl (C=O) groups excluding carboxylic acids is 2. The second-order valence-electron chi connectivity index (χ2n) is 6.27. The summed E-state index contributed by atoms with van der Waals surface area (Å²) in [5.74, 6) is 2.39. The number of Topliss-reactive ketones (excluding diaryl/α,β-unsaturated/α-hetero) is 1. The van der Waals surface area contributed by atoms with Gasteiger partial charge < -0.3 is 10.6 Å². The standard InChI is InChI=1S/C16H32N2O2S2/c1-5-14(19)8-6-7-9-15(20)17-10-12-21-22-13-11-18-16(2,3)4/h18H,5-13H2,1-4H3,(H,17,20). The van der Waals surface area contributed by atoms with Gasteiger partial charge in [-0.1, -0.05) is 28.5 Å². The van der Waals surface area contributed by atoms with Crippen molar-refractivity contribution in [2.24, 2.45) is 0 Å². The molecule has 0 bridgehead atoms. The lowest BCUT2D eigenvalue weighted by Gasteiger charge is -2.20. The van der Waals surface area contributed by atoms with Gasteiger partial charge in [-0.25, -0.2) is 0 Å². The number of hydrogen-bond acceptors (Lipinski definition) is 5. The number of unbranched alkanes of at least 4 members (excludes halogenated alkanes) is 1. The highest BCUT2D eigenvalue weighted by molar-refractivity contribution is 8.76. The molecular formula is C16H32N2O2S2. The van der Waals surface area contributed by atoms with Crippen LogP contribution in [0.1, 0.15) is 59.8 Å². The zero-order valence-electron chi connectivity index (χ0n) is 14.5. The first-order valence-corrected chi connectivity index (χ1v) is 10.6. The monoisotopic (exact) mass is 348 g/mol. The average molecular weight is 349 g/mol. The molecule has 0 aromatic carbocycles. The van der Waals surface area contributed by atoms with Gasteiger partial charge >= 0.3 is 0 Å². The Labute approximate surface area is 143 Å². The zero-order chi connectivity index (χ0) is 16.8. The lowest BCUT2D eigenvalue weighted by Crippen LogP contribution is -2.37. The molecule has 0 aliphatic heterocycles. The molecule has 0 saturated carbocycles. The molecule has 0 saturated heterocycles.